The molecule has 0 aliphatic carbocycles. The molecule has 1 fully saturated rings. The van der Waals surface area contributed by atoms with Gasteiger partial charge >= 0.3 is 23.5 Å². The van der Waals surface area contributed by atoms with Crippen LogP contribution in [-0.4, -0.2) is 51.3 Å². The molecule has 5 atom stereocenters. The topological polar surface area (TPSA) is 239 Å². The van der Waals surface area contributed by atoms with Crippen molar-refractivity contribution < 1.29 is 51.2 Å². The molecule has 176 valence electrons. The molecule has 0 bridgehead atoms. The largest absolute Gasteiger partial charge is 0.490 e. The molecule has 0 amide bonds. The molecule has 3 heterocycles. The lowest BCUT2D eigenvalue weighted by atomic mass is 9.96. The number of nitrogens with zero attached hydrogens (tertiary/aromatic N) is 4. The van der Waals surface area contributed by atoms with Crippen molar-refractivity contribution in [1.82, 2.24) is 19.5 Å². The van der Waals surface area contributed by atoms with Gasteiger partial charge in [0.1, 0.15) is 11.8 Å². The molecule has 6 N–H and O–H groups in total. The average molecular weight is 513 g/mol. The number of ether oxygens (including phenoxy) is 1. The fourth-order valence-corrected chi connectivity index (χ4v) is 6.18. The molecule has 2 aromatic rings. The molecule has 16 nitrogen and oxygen atoms in total. The van der Waals surface area contributed by atoms with Crippen molar-refractivity contribution in [1.29, 1.82) is 0 Å². The quantitative estimate of drug-likeness (QED) is 0.241. The predicted octanol–water partition coefficient (Wildman–Crippen LogP) is 0.679. The van der Waals surface area contributed by atoms with E-state index in [1.807, 2.05) is 0 Å². The lowest BCUT2D eigenvalue weighted by Gasteiger charge is -2.26. The highest BCUT2D eigenvalue weighted by Gasteiger charge is 2.47. The standard InChI is InChI=1S/C13H18N5O11P3/c1-3-8-4-13(2,5-26-31(22,23)29-32(24,25)28-30(19,20)21)27-12(8)18-7-17-9-10(14)15-6-16-11(9)18/h1,6-8,12H,4-5H2,2H3,(H,22,23)(H,24,25)(H2,14,15,16)(H2,19,20,21)/t8?,12-,13+/m1/s1. The monoisotopic (exact) mass is 513 g/mol. The van der Waals surface area contributed by atoms with Crippen LogP contribution in [0.1, 0.15) is 19.6 Å². The van der Waals surface area contributed by atoms with Crippen LogP contribution in [0.5, 0.6) is 0 Å². The van der Waals surface area contributed by atoms with E-state index in [1.165, 1.54) is 24.1 Å². The molecule has 32 heavy (non-hydrogen) atoms. The average Bonchev–Trinajstić information content (AvgIpc) is 3.19. The minimum absolute atomic E-state index is 0.115. The van der Waals surface area contributed by atoms with Crippen molar-refractivity contribution in [3.8, 4) is 12.3 Å². The van der Waals surface area contributed by atoms with Gasteiger partial charge in [-0.25, -0.2) is 28.6 Å². The third-order valence-corrected chi connectivity index (χ3v) is 8.01. The van der Waals surface area contributed by atoms with Gasteiger partial charge in [0.2, 0.25) is 0 Å². The number of hydrogen-bond donors (Lipinski definition) is 5. The Morgan fingerprint density at radius 3 is 2.56 bits per heavy atom. The lowest BCUT2D eigenvalue weighted by Crippen LogP contribution is -2.30. The minimum atomic E-state index is -5.63. The second kappa shape index (κ2) is 8.57. The Balaban J connectivity index is 1.74. The minimum Gasteiger partial charge on any atom is -0.382 e. The maximum Gasteiger partial charge on any atom is 0.490 e. The molecule has 0 radical (unpaired) electrons. The Hall–Kier alpha value is -1.72. The summed E-state index contributed by atoms with van der Waals surface area (Å²) in [6.45, 7) is 0.833. The van der Waals surface area contributed by atoms with E-state index < -0.39 is 47.8 Å². The molecule has 19 heteroatoms. The molecule has 1 saturated heterocycles. The second-order valence-electron chi connectivity index (χ2n) is 6.88. The van der Waals surface area contributed by atoms with Crippen LogP contribution in [0, 0.1) is 18.3 Å². The molecule has 1 aliphatic heterocycles. The van der Waals surface area contributed by atoms with Gasteiger partial charge in [0.15, 0.2) is 17.7 Å². The van der Waals surface area contributed by atoms with Gasteiger partial charge < -0.3 is 30.0 Å². The van der Waals surface area contributed by atoms with E-state index in [1.54, 1.807) is 0 Å². The highest BCUT2D eigenvalue weighted by Crippen LogP contribution is 2.66. The number of rotatable bonds is 8. The van der Waals surface area contributed by atoms with Gasteiger partial charge in [0.05, 0.1) is 24.5 Å². The summed E-state index contributed by atoms with van der Waals surface area (Å²) < 4.78 is 53.6. The summed E-state index contributed by atoms with van der Waals surface area (Å²) in [6, 6.07) is 0. The van der Waals surface area contributed by atoms with Crippen molar-refractivity contribution in [2.24, 2.45) is 5.92 Å². The van der Waals surface area contributed by atoms with Crippen LogP contribution in [-0.2, 0) is 31.6 Å². The number of phosphoric acid groups is 3. The van der Waals surface area contributed by atoms with E-state index in [2.05, 4.69) is 29.5 Å². The highest BCUT2D eigenvalue weighted by atomic mass is 31.3. The van der Waals surface area contributed by atoms with Crippen LogP contribution >= 0.6 is 23.5 Å². The van der Waals surface area contributed by atoms with E-state index in [0.717, 1.165) is 0 Å². The van der Waals surface area contributed by atoms with E-state index in [4.69, 9.17) is 31.2 Å². The fraction of sp³-hybridized carbons (Fsp3) is 0.462. The van der Waals surface area contributed by atoms with E-state index in [-0.39, 0.29) is 12.2 Å². The van der Waals surface area contributed by atoms with Gasteiger partial charge in [-0.05, 0) is 13.3 Å². The van der Waals surface area contributed by atoms with Crippen molar-refractivity contribution in [3.63, 3.8) is 0 Å². The number of phosphoric ester groups is 1. The SMILES string of the molecule is C#CC1C[C@@](C)(COP(=O)(O)OP(=O)(O)OP(=O)(O)O)O[C@H]1n1cnc2c(N)ncnc21. The van der Waals surface area contributed by atoms with E-state index in [0.29, 0.717) is 11.2 Å². The molecule has 3 unspecified atom stereocenters. The first-order valence-corrected chi connectivity index (χ1v) is 13.0. The number of fused-ring (bicyclic) bond motifs is 1. The third-order valence-electron chi connectivity index (χ3n) is 4.23. The van der Waals surface area contributed by atoms with E-state index in [9.17, 15) is 23.5 Å². The number of imidazole rings is 1. The van der Waals surface area contributed by atoms with Gasteiger partial charge in [-0.1, -0.05) is 5.92 Å². The van der Waals surface area contributed by atoms with Crippen molar-refractivity contribution in [3.05, 3.63) is 12.7 Å². The maximum atomic E-state index is 12.0. The van der Waals surface area contributed by atoms with Crippen LogP contribution in [0.3, 0.4) is 0 Å². The van der Waals surface area contributed by atoms with Gasteiger partial charge in [-0.2, -0.15) is 8.62 Å². The molecule has 0 saturated carbocycles. The van der Waals surface area contributed by atoms with Gasteiger partial charge in [-0.15, -0.1) is 6.42 Å². The summed E-state index contributed by atoms with van der Waals surface area (Å²) in [5.74, 6) is 2.11. The molecule has 0 aromatic carbocycles. The Morgan fingerprint density at radius 2 is 1.94 bits per heavy atom. The molecule has 2 aromatic heterocycles. The zero-order chi connectivity index (χ0) is 23.9. The number of terminal acetylenes is 1. The molecule has 1 aliphatic rings. The van der Waals surface area contributed by atoms with Crippen molar-refractivity contribution >= 4 is 40.4 Å². The number of nitrogen functional groups attached to an aromatic ring is 1. The molecular formula is C13H18N5O11P3. The molecule has 3 rings (SSSR count). The number of anilines is 1. The Kier molecular flexibility index (Phi) is 6.67. The van der Waals surface area contributed by atoms with E-state index >= 15 is 0 Å². The predicted molar refractivity (Wildman–Crippen MR) is 105 cm³/mol. The van der Waals surface area contributed by atoms with Crippen LogP contribution in [0.15, 0.2) is 12.7 Å². The zero-order valence-corrected chi connectivity index (χ0v) is 18.8. The summed E-state index contributed by atoms with van der Waals surface area (Å²) in [5, 5.41) is 0. The first-order valence-electron chi connectivity index (χ1n) is 8.49. The normalized spacial score (nSPS) is 27.6. The third kappa shape index (κ3) is 5.79. The van der Waals surface area contributed by atoms with Crippen molar-refractivity contribution in [2.45, 2.75) is 25.2 Å². The number of aromatic nitrogens is 4. The maximum absolute atomic E-state index is 12.0. The summed E-state index contributed by atoms with van der Waals surface area (Å²) in [4.78, 5) is 48.1. The lowest BCUT2D eigenvalue weighted by molar-refractivity contribution is -0.0867. The Labute approximate surface area is 180 Å². The molecular weight excluding hydrogens is 495 g/mol. The smallest absolute Gasteiger partial charge is 0.382 e. The summed E-state index contributed by atoms with van der Waals surface area (Å²) in [5.41, 5.74) is 5.13. The Bertz CT molecular complexity index is 1210. The van der Waals surface area contributed by atoms with Gasteiger partial charge in [-0.3, -0.25) is 9.09 Å². The summed E-state index contributed by atoms with van der Waals surface area (Å²) in [7, 11) is -16.5. The summed E-state index contributed by atoms with van der Waals surface area (Å²) >= 11 is 0. The number of hydrogen-bond acceptors (Lipinski definition) is 11. The highest BCUT2D eigenvalue weighted by molar-refractivity contribution is 7.66. The first-order chi connectivity index (χ1) is 14.6. The summed E-state index contributed by atoms with van der Waals surface area (Å²) in [6.07, 6.45) is 7.50. The van der Waals surface area contributed by atoms with Gasteiger partial charge in [0, 0.05) is 0 Å². The second-order valence-corrected chi connectivity index (χ2v) is 11.3. The van der Waals surface area contributed by atoms with Crippen LogP contribution in [0.4, 0.5) is 5.82 Å². The van der Waals surface area contributed by atoms with Crippen LogP contribution in [0.25, 0.3) is 11.2 Å². The molecule has 0 spiro atoms. The first kappa shape index (κ1) is 24.9. The number of nitrogens with two attached hydrogens (primary N) is 1. The van der Waals surface area contributed by atoms with Crippen LogP contribution < -0.4 is 5.73 Å². The van der Waals surface area contributed by atoms with Gasteiger partial charge in [0.25, 0.3) is 0 Å². The fourth-order valence-electron chi connectivity index (χ4n) is 3.05. The zero-order valence-electron chi connectivity index (χ0n) is 16.2. The van der Waals surface area contributed by atoms with Crippen LogP contribution in [0.2, 0.25) is 0 Å². The van der Waals surface area contributed by atoms with Crippen molar-refractivity contribution in [2.75, 3.05) is 12.3 Å². The Morgan fingerprint density at radius 1 is 1.25 bits per heavy atom.